The maximum atomic E-state index is 11.7. The summed E-state index contributed by atoms with van der Waals surface area (Å²) in [5, 5.41) is 16.4. The Balaban J connectivity index is 1.74. The van der Waals surface area contributed by atoms with Crippen molar-refractivity contribution in [3.8, 4) is 0 Å². The molecule has 1 unspecified atom stereocenters. The van der Waals surface area contributed by atoms with Crippen LogP contribution in [0.3, 0.4) is 0 Å². The third kappa shape index (κ3) is 3.66. The number of nitrogens with one attached hydrogen (secondary N) is 2. The molecule has 0 aliphatic heterocycles. The smallest absolute Gasteiger partial charge is 0.355 e. The minimum Gasteiger partial charge on any atom is -0.476 e. The molecule has 6 nitrogen and oxygen atoms in total. The third-order valence-corrected chi connectivity index (χ3v) is 4.24. The van der Waals surface area contributed by atoms with E-state index in [1.165, 1.54) is 36.0 Å². The Morgan fingerprint density at radius 2 is 2.32 bits per heavy atom. The first-order chi connectivity index (χ1) is 9.06. The van der Waals surface area contributed by atoms with E-state index in [1.54, 1.807) is 0 Å². The molecule has 0 aromatic carbocycles. The monoisotopic (exact) mass is 283 g/mol. The van der Waals surface area contributed by atoms with Gasteiger partial charge >= 0.3 is 12.0 Å². The molecule has 3 N–H and O–H groups in total. The van der Waals surface area contributed by atoms with Gasteiger partial charge in [0.1, 0.15) is 5.01 Å². The van der Waals surface area contributed by atoms with Crippen molar-refractivity contribution in [3.63, 3.8) is 0 Å². The average Bonchev–Trinajstić information content (AvgIpc) is 2.72. The minimum atomic E-state index is -1.05. The number of nitrogens with zero attached hydrogens (tertiary/aromatic N) is 1. The van der Waals surface area contributed by atoms with Crippen molar-refractivity contribution >= 4 is 23.3 Å². The molecule has 0 spiro atoms. The largest absolute Gasteiger partial charge is 0.476 e. The number of carbonyl (C=O) groups is 2. The Morgan fingerprint density at radius 3 is 2.84 bits per heavy atom. The number of hydrogen-bond acceptors (Lipinski definition) is 4. The van der Waals surface area contributed by atoms with Crippen molar-refractivity contribution < 1.29 is 14.7 Å². The zero-order chi connectivity index (χ0) is 13.8. The molecule has 1 fully saturated rings. The van der Waals surface area contributed by atoms with Crippen molar-refractivity contribution in [3.05, 3.63) is 16.1 Å². The fourth-order valence-electron chi connectivity index (χ4n) is 1.96. The Kier molecular flexibility index (Phi) is 4.36. The fourth-order valence-corrected chi connectivity index (χ4v) is 2.67. The quantitative estimate of drug-likeness (QED) is 0.768. The summed E-state index contributed by atoms with van der Waals surface area (Å²) >= 11 is 1.23. The second-order valence-corrected chi connectivity index (χ2v) is 5.68. The molecule has 1 aromatic rings. The number of aromatic nitrogens is 1. The molecule has 1 aliphatic carbocycles. The number of urea groups is 1. The van der Waals surface area contributed by atoms with E-state index < -0.39 is 5.97 Å². The van der Waals surface area contributed by atoms with Crippen molar-refractivity contribution in [1.29, 1.82) is 0 Å². The predicted octanol–water partition coefficient (Wildman–Crippen LogP) is 1.83. The molecule has 104 valence electrons. The van der Waals surface area contributed by atoms with Crippen molar-refractivity contribution in [2.75, 3.05) is 0 Å². The molecule has 0 radical (unpaired) electrons. The first-order valence-corrected chi connectivity index (χ1v) is 7.16. The van der Waals surface area contributed by atoms with E-state index >= 15 is 0 Å². The van der Waals surface area contributed by atoms with Crippen LogP contribution in [0.2, 0.25) is 0 Å². The van der Waals surface area contributed by atoms with Gasteiger partial charge in [-0.1, -0.05) is 6.42 Å². The molecule has 0 bridgehead atoms. The summed E-state index contributed by atoms with van der Waals surface area (Å²) in [5.74, 6) is -0.463. The minimum absolute atomic E-state index is 0.0186. The fraction of sp³-hybridized carbons (Fsp3) is 0.583. The lowest BCUT2D eigenvalue weighted by Gasteiger charge is -2.31. The molecule has 2 rings (SSSR count). The van der Waals surface area contributed by atoms with Crippen molar-refractivity contribution in [1.82, 2.24) is 15.6 Å². The molecule has 2 amide bonds. The van der Waals surface area contributed by atoms with Gasteiger partial charge in [0.05, 0.1) is 6.54 Å². The zero-order valence-electron chi connectivity index (χ0n) is 10.7. The summed E-state index contributed by atoms with van der Waals surface area (Å²) in [4.78, 5) is 26.2. The highest BCUT2D eigenvalue weighted by molar-refractivity contribution is 7.09. The van der Waals surface area contributed by atoms with E-state index in [0.717, 1.165) is 0 Å². The van der Waals surface area contributed by atoms with E-state index in [9.17, 15) is 9.59 Å². The molecule has 7 heteroatoms. The van der Waals surface area contributed by atoms with Crippen molar-refractivity contribution in [2.45, 2.75) is 38.8 Å². The lowest BCUT2D eigenvalue weighted by atomic mass is 9.80. The van der Waals surface area contributed by atoms with E-state index in [-0.39, 0.29) is 24.3 Å². The Bertz CT molecular complexity index is 471. The van der Waals surface area contributed by atoms with Gasteiger partial charge < -0.3 is 15.7 Å². The number of aromatic carboxylic acids is 1. The van der Waals surface area contributed by atoms with Crippen LogP contribution in [-0.2, 0) is 6.54 Å². The number of thiazole rings is 1. The second kappa shape index (κ2) is 6.01. The lowest BCUT2D eigenvalue weighted by molar-refractivity contribution is 0.0691. The van der Waals surface area contributed by atoms with Gasteiger partial charge in [-0.25, -0.2) is 14.6 Å². The van der Waals surface area contributed by atoms with Crippen LogP contribution in [0.25, 0.3) is 0 Å². The van der Waals surface area contributed by atoms with Crippen molar-refractivity contribution in [2.24, 2.45) is 5.92 Å². The highest BCUT2D eigenvalue weighted by Gasteiger charge is 2.24. The highest BCUT2D eigenvalue weighted by atomic mass is 32.1. The Hall–Kier alpha value is -1.63. The predicted molar refractivity (Wildman–Crippen MR) is 71.2 cm³/mol. The van der Waals surface area contributed by atoms with Crippen LogP contribution in [0.1, 0.15) is 41.7 Å². The first-order valence-electron chi connectivity index (χ1n) is 6.28. The van der Waals surface area contributed by atoms with Crippen LogP contribution >= 0.6 is 11.3 Å². The normalized spacial score (nSPS) is 16.5. The Morgan fingerprint density at radius 1 is 1.58 bits per heavy atom. The van der Waals surface area contributed by atoms with E-state index in [1.807, 2.05) is 6.92 Å². The van der Waals surface area contributed by atoms with E-state index in [4.69, 9.17) is 5.11 Å². The van der Waals surface area contributed by atoms with Gasteiger partial charge in [-0.05, 0) is 25.7 Å². The summed E-state index contributed by atoms with van der Waals surface area (Å²) in [7, 11) is 0. The van der Waals surface area contributed by atoms with Gasteiger partial charge in [-0.3, -0.25) is 0 Å². The molecule has 19 heavy (non-hydrogen) atoms. The number of rotatable bonds is 5. The summed E-state index contributed by atoms with van der Waals surface area (Å²) in [6, 6.07) is -0.0499. The molecule has 1 heterocycles. The molecule has 0 saturated heterocycles. The first kappa shape index (κ1) is 13.8. The standard InChI is InChI=1S/C12H17N3O3S/c1-7(8-3-2-4-8)14-12(18)13-5-10-15-9(6-19-10)11(16)17/h6-8H,2-5H2,1H3,(H,16,17)(H2,13,14,18). The Labute approximate surface area is 115 Å². The second-order valence-electron chi connectivity index (χ2n) is 4.74. The molecular formula is C12H17N3O3S. The maximum Gasteiger partial charge on any atom is 0.355 e. The van der Waals surface area contributed by atoms with Gasteiger partial charge in [-0.15, -0.1) is 11.3 Å². The molecule has 1 aromatic heterocycles. The van der Waals surface area contributed by atoms with Crippen LogP contribution in [-0.4, -0.2) is 28.1 Å². The molecule has 1 aliphatic rings. The van der Waals surface area contributed by atoms with Crippen LogP contribution in [0.5, 0.6) is 0 Å². The van der Waals surface area contributed by atoms with E-state index in [0.29, 0.717) is 10.9 Å². The molecular weight excluding hydrogens is 266 g/mol. The van der Waals surface area contributed by atoms with Crippen LogP contribution in [0.15, 0.2) is 5.38 Å². The summed E-state index contributed by atoms with van der Waals surface area (Å²) in [5.41, 5.74) is 0.0186. The summed E-state index contributed by atoms with van der Waals surface area (Å²) in [6.45, 7) is 2.26. The van der Waals surface area contributed by atoms with Gasteiger partial charge in [0.2, 0.25) is 0 Å². The number of amides is 2. The number of carboxylic acids is 1. The SMILES string of the molecule is CC(NC(=O)NCc1nc(C(=O)O)cs1)C1CCC1. The number of carbonyl (C=O) groups excluding carboxylic acids is 1. The van der Waals surface area contributed by atoms with Gasteiger partial charge in [0, 0.05) is 11.4 Å². The van der Waals surface area contributed by atoms with Crippen LogP contribution in [0, 0.1) is 5.92 Å². The van der Waals surface area contributed by atoms with Gasteiger partial charge in [0.15, 0.2) is 5.69 Å². The number of carboxylic acid groups (broad SMARTS) is 1. The molecule has 1 atom stereocenters. The molecule has 1 saturated carbocycles. The maximum absolute atomic E-state index is 11.7. The van der Waals surface area contributed by atoms with Gasteiger partial charge in [0.25, 0.3) is 0 Å². The van der Waals surface area contributed by atoms with Crippen LogP contribution < -0.4 is 10.6 Å². The topological polar surface area (TPSA) is 91.3 Å². The highest BCUT2D eigenvalue weighted by Crippen LogP contribution is 2.29. The van der Waals surface area contributed by atoms with E-state index in [2.05, 4.69) is 15.6 Å². The van der Waals surface area contributed by atoms with Gasteiger partial charge in [-0.2, -0.15) is 0 Å². The third-order valence-electron chi connectivity index (χ3n) is 3.39. The lowest BCUT2D eigenvalue weighted by Crippen LogP contribution is -2.45. The zero-order valence-corrected chi connectivity index (χ0v) is 11.5. The van der Waals surface area contributed by atoms with Crippen LogP contribution in [0.4, 0.5) is 4.79 Å². The number of hydrogen-bond donors (Lipinski definition) is 3. The summed E-state index contributed by atoms with van der Waals surface area (Å²) < 4.78 is 0. The summed E-state index contributed by atoms with van der Waals surface area (Å²) in [6.07, 6.45) is 3.60. The average molecular weight is 283 g/mol.